The molecule has 160 valence electrons. The van der Waals surface area contributed by atoms with E-state index in [1.807, 2.05) is 0 Å². The second-order valence-corrected chi connectivity index (χ2v) is 6.80. The highest BCUT2D eigenvalue weighted by Crippen LogP contribution is 2.42. The fourth-order valence-corrected chi connectivity index (χ4v) is 3.28. The summed E-state index contributed by atoms with van der Waals surface area (Å²) in [5, 5.41) is 7.32. The van der Waals surface area contributed by atoms with Crippen molar-refractivity contribution in [2.24, 2.45) is 0 Å². The van der Waals surface area contributed by atoms with E-state index in [-0.39, 0.29) is 27.7 Å². The van der Waals surface area contributed by atoms with Gasteiger partial charge in [0.2, 0.25) is 0 Å². The van der Waals surface area contributed by atoms with E-state index in [0.29, 0.717) is 4.68 Å². The molecule has 2 heterocycles. The largest absolute Gasteiger partial charge is 0.356 e. The summed E-state index contributed by atoms with van der Waals surface area (Å²) in [6, 6.07) is 9.25. The van der Waals surface area contributed by atoms with E-state index in [4.69, 9.17) is 16.1 Å². The molecule has 0 fully saturated rings. The van der Waals surface area contributed by atoms with E-state index in [1.54, 1.807) is 0 Å². The smallest absolute Gasteiger partial charge is 0.349 e. The first kappa shape index (κ1) is 21.0. The lowest BCUT2D eigenvalue weighted by Crippen LogP contribution is -2.27. The average Bonchev–Trinajstić information content (AvgIpc) is 3.35. The molecule has 2 aromatic carbocycles. The Bertz CT molecular complexity index is 1230. The minimum Gasteiger partial charge on any atom is -0.356 e. The van der Waals surface area contributed by atoms with Crippen LogP contribution in [-0.2, 0) is 5.92 Å². The number of hydrogen-bond donors (Lipinski definition) is 0. The van der Waals surface area contributed by atoms with Gasteiger partial charge in [0.25, 0.3) is 0 Å². The molecule has 11 heteroatoms. The monoisotopic (exact) mass is 457 g/mol. The summed E-state index contributed by atoms with van der Waals surface area (Å²) in [6.45, 7) is 0. The lowest BCUT2D eigenvalue weighted by molar-refractivity contribution is -0.138. The van der Waals surface area contributed by atoms with Gasteiger partial charge in [-0.25, -0.2) is 22.2 Å². The van der Waals surface area contributed by atoms with Crippen LogP contribution in [-0.4, -0.2) is 21.4 Å². The molecule has 0 bridgehead atoms. The van der Waals surface area contributed by atoms with Crippen LogP contribution in [0.25, 0.3) is 28.3 Å². The van der Waals surface area contributed by atoms with Crippen molar-refractivity contribution in [3.8, 4) is 28.3 Å². The number of hydrogen-bond acceptors (Lipinski definition) is 3. The standard InChI is InChI=1S/C20H10ClF6N3O/c21-13-5-2-6-14(23)17(13)15-8-16(31-29-15)12-9-28-30(11-4-1-3-10(22)7-11)18(12)20(26,27)19(24)25/h1-9,19H. The minimum absolute atomic E-state index is 0.0200. The molecule has 4 aromatic rings. The third-order valence-electron chi connectivity index (χ3n) is 4.41. The lowest BCUT2D eigenvalue weighted by Gasteiger charge is -2.18. The molecule has 4 rings (SSSR count). The maximum absolute atomic E-state index is 14.5. The van der Waals surface area contributed by atoms with Gasteiger partial charge in [0.05, 0.1) is 28.0 Å². The van der Waals surface area contributed by atoms with Crippen molar-refractivity contribution in [1.29, 1.82) is 0 Å². The summed E-state index contributed by atoms with van der Waals surface area (Å²) >= 11 is 5.97. The van der Waals surface area contributed by atoms with Crippen LogP contribution in [0, 0.1) is 11.6 Å². The van der Waals surface area contributed by atoms with Gasteiger partial charge in [0, 0.05) is 6.07 Å². The van der Waals surface area contributed by atoms with Gasteiger partial charge in [-0.3, -0.25) is 0 Å². The predicted molar refractivity (Wildman–Crippen MR) is 99.3 cm³/mol. The van der Waals surface area contributed by atoms with Crippen LogP contribution in [0.15, 0.2) is 59.3 Å². The SMILES string of the molecule is Fc1cccc(-n2ncc(-c3cc(-c4c(F)cccc4Cl)no3)c2C(F)(F)C(F)F)c1. The molecule has 0 spiro atoms. The zero-order valence-electron chi connectivity index (χ0n) is 15.2. The van der Waals surface area contributed by atoms with Crippen molar-refractivity contribution in [3.05, 3.63) is 77.1 Å². The van der Waals surface area contributed by atoms with Gasteiger partial charge in [-0.05, 0) is 30.3 Å². The first-order valence-electron chi connectivity index (χ1n) is 8.62. The van der Waals surface area contributed by atoms with Crippen molar-refractivity contribution in [2.45, 2.75) is 12.3 Å². The van der Waals surface area contributed by atoms with Crippen LogP contribution in [0.4, 0.5) is 26.3 Å². The summed E-state index contributed by atoms with van der Waals surface area (Å²) in [5.74, 6) is -6.59. The van der Waals surface area contributed by atoms with Gasteiger partial charge >= 0.3 is 12.3 Å². The molecule has 0 atom stereocenters. The second kappa shape index (κ2) is 7.77. The molecular weight excluding hydrogens is 448 g/mol. The molecule has 0 aliphatic heterocycles. The van der Waals surface area contributed by atoms with Crippen LogP contribution in [0.5, 0.6) is 0 Å². The van der Waals surface area contributed by atoms with Crippen LogP contribution in [0.2, 0.25) is 5.02 Å². The fraction of sp³-hybridized carbons (Fsp3) is 0.100. The maximum Gasteiger partial charge on any atom is 0.349 e. The maximum atomic E-state index is 14.5. The number of aromatic nitrogens is 3. The minimum atomic E-state index is -4.68. The summed E-state index contributed by atoms with van der Waals surface area (Å²) in [7, 11) is 0. The molecule has 4 nitrogen and oxygen atoms in total. The first-order chi connectivity index (χ1) is 14.7. The van der Waals surface area contributed by atoms with Crippen LogP contribution in [0.1, 0.15) is 5.69 Å². The molecule has 0 aliphatic rings. The molecular formula is C20H10ClF6N3O. The lowest BCUT2D eigenvalue weighted by atomic mass is 10.1. The molecule has 2 aromatic heterocycles. The van der Waals surface area contributed by atoms with Gasteiger partial charge in [-0.2, -0.15) is 13.9 Å². The molecule has 0 unspecified atom stereocenters. The van der Waals surface area contributed by atoms with Crippen LogP contribution >= 0.6 is 11.6 Å². The zero-order chi connectivity index (χ0) is 22.3. The van der Waals surface area contributed by atoms with Crippen molar-refractivity contribution in [2.75, 3.05) is 0 Å². The van der Waals surface area contributed by atoms with Crippen molar-refractivity contribution in [3.63, 3.8) is 0 Å². The van der Waals surface area contributed by atoms with E-state index in [9.17, 15) is 26.3 Å². The molecule has 31 heavy (non-hydrogen) atoms. The van der Waals surface area contributed by atoms with Gasteiger partial charge in [-0.15, -0.1) is 0 Å². The Kier molecular flexibility index (Phi) is 5.26. The Balaban J connectivity index is 1.90. The predicted octanol–water partition coefficient (Wildman–Crippen LogP) is 6.48. The van der Waals surface area contributed by atoms with Gasteiger partial charge in [0.1, 0.15) is 23.0 Å². The van der Waals surface area contributed by atoms with Gasteiger partial charge in [0.15, 0.2) is 5.76 Å². The number of benzene rings is 2. The highest BCUT2D eigenvalue weighted by Gasteiger charge is 2.48. The second-order valence-electron chi connectivity index (χ2n) is 6.40. The van der Waals surface area contributed by atoms with Gasteiger partial charge < -0.3 is 4.52 Å². The van der Waals surface area contributed by atoms with E-state index in [2.05, 4.69) is 10.3 Å². The molecule has 0 saturated carbocycles. The highest BCUT2D eigenvalue weighted by atomic mass is 35.5. The van der Waals surface area contributed by atoms with E-state index >= 15 is 0 Å². The third-order valence-corrected chi connectivity index (χ3v) is 4.72. The highest BCUT2D eigenvalue weighted by molar-refractivity contribution is 6.33. The molecule has 0 radical (unpaired) electrons. The molecule has 0 amide bonds. The Morgan fingerprint density at radius 3 is 2.45 bits per heavy atom. The van der Waals surface area contributed by atoms with Crippen molar-refractivity contribution < 1.29 is 30.9 Å². The van der Waals surface area contributed by atoms with E-state index in [1.165, 1.54) is 24.3 Å². The number of nitrogens with zero attached hydrogens (tertiary/aromatic N) is 3. The molecule has 0 saturated heterocycles. The summed E-state index contributed by atoms with van der Waals surface area (Å²) in [6.07, 6.45) is -3.25. The topological polar surface area (TPSA) is 43.9 Å². The van der Waals surface area contributed by atoms with Gasteiger partial charge in [-0.1, -0.05) is 28.9 Å². The Hall–Kier alpha value is -3.27. The third kappa shape index (κ3) is 3.67. The number of halogens is 7. The summed E-state index contributed by atoms with van der Waals surface area (Å²) in [5.41, 5.74) is -2.27. The van der Waals surface area contributed by atoms with E-state index in [0.717, 1.165) is 30.5 Å². The van der Waals surface area contributed by atoms with E-state index < -0.39 is 35.2 Å². The number of rotatable bonds is 5. The first-order valence-corrected chi connectivity index (χ1v) is 9.00. The molecule has 0 aliphatic carbocycles. The quantitative estimate of drug-likeness (QED) is 0.322. The average molecular weight is 458 g/mol. The number of alkyl halides is 4. The zero-order valence-corrected chi connectivity index (χ0v) is 15.9. The molecule has 0 N–H and O–H groups in total. The fourth-order valence-electron chi connectivity index (χ4n) is 3.02. The van der Waals surface area contributed by atoms with Crippen molar-refractivity contribution in [1.82, 2.24) is 14.9 Å². The Morgan fingerprint density at radius 1 is 1.03 bits per heavy atom. The van der Waals surface area contributed by atoms with Crippen LogP contribution in [0.3, 0.4) is 0 Å². The normalized spacial score (nSPS) is 12.0. The Labute approximate surface area is 175 Å². The van der Waals surface area contributed by atoms with Crippen LogP contribution < -0.4 is 0 Å². The Morgan fingerprint density at radius 2 is 1.77 bits per heavy atom. The summed E-state index contributed by atoms with van der Waals surface area (Å²) in [4.78, 5) is 0. The summed E-state index contributed by atoms with van der Waals surface area (Å²) < 4.78 is 88.8. The van der Waals surface area contributed by atoms with Crippen molar-refractivity contribution >= 4 is 11.6 Å².